The van der Waals surface area contributed by atoms with Gasteiger partial charge < -0.3 is 4.98 Å². The SMILES string of the molecule is CC.Cc1ccc(-c2ccccc2C)[nH]1. The zero-order valence-electron chi connectivity index (χ0n) is 9.96. The van der Waals surface area contributed by atoms with E-state index in [2.05, 4.69) is 55.2 Å². The molecule has 2 aromatic rings. The number of aromatic nitrogens is 1. The smallest absolute Gasteiger partial charge is 0.0458 e. The zero-order valence-corrected chi connectivity index (χ0v) is 9.96. The van der Waals surface area contributed by atoms with Crippen molar-refractivity contribution in [2.24, 2.45) is 0 Å². The van der Waals surface area contributed by atoms with Crippen molar-refractivity contribution in [2.75, 3.05) is 0 Å². The Morgan fingerprint density at radius 3 is 2.07 bits per heavy atom. The summed E-state index contributed by atoms with van der Waals surface area (Å²) in [5, 5.41) is 0. The molecular weight excluding hydrogens is 182 g/mol. The molecule has 0 unspecified atom stereocenters. The van der Waals surface area contributed by atoms with Crippen molar-refractivity contribution in [3.63, 3.8) is 0 Å². The number of aryl methyl sites for hydroxylation is 2. The largest absolute Gasteiger partial charge is 0.359 e. The summed E-state index contributed by atoms with van der Waals surface area (Å²) in [6, 6.07) is 12.6. The van der Waals surface area contributed by atoms with E-state index >= 15 is 0 Å². The molecule has 0 aliphatic carbocycles. The van der Waals surface area contributed by atoms with Gasteiger partial charge in [0.15, 0.2) is 0 Å². The molecule has 0 radical (unpaired) electrons. The van der Waals surface area contributed by atoms with Crippen LogP contribution in [0.4, 0.5) is 0 Å². The Balaban J connectivity index is 0.000000531. The first-order valence-electron chi connectivity index (χ1n) is 5.49. The first kappa shape index (κ1) is 11.6. The van der Waals surface area contributed by atoms with Crippen molar-refractivity contribution in [2.45, 2.75) is 27.7 Å². The highest BCUT2D eigenvalue weighted by Gasteiger charge is 2.01. The molecule has 1 aromatic heterocycles. The van der Waals surface area contributed by atoms with Crippen molar-refractivity contribution < 1.29 is 0 Å². The van der Waals surface area contributed by atoms with Crippen LogP contribution in [0.3, 0.4) is 0 Å². The molecule has 0 saturated carbocycles. The van der Waals surface area contributed by atoms with Gasteiger partial charge in [0.1, 0.15) is 0 Å². The molecule has 0 saturated heterocycles. The number of H-pyrrole nitrogens is 1. The topological polar surface area (TPSA) is 15.8 Å². The van der Waals surface area contributed by atoms with E-state index in [0.29, 0.717) is 0 Å². The Hall–Kier alpha value is -1.50. The molecule has 0 atom stereocenters. The molecule has 1 aromatic carbocycles. The van der Waals surface area contributed by atoms with Crippen LogP contribution >= 0.6 is 0 Å². The van der Waals surface area contributed by atoms with E-state index in [1.807, 2.05) is 13.8 Å². The minimum Gasteiger partial charge on any atom is -0.359 e. The van der Waals surface area contributed by atoms with Crippen LogP contribution < -0.4 is 0 Å². The minimum atomic E-state index is 1.20. The third-order valence-electron chi connectivity index (χ3n) is 2.27. The number of hydrogen-bond acceptors (Lipinski definition) is 0. The van der Waals surface area contributed by atoms with Gasteiger partial charge in [0, 0.05) is 17.0 Å². The fourth-order valence-electron chi connectivity index (χ4n) is 1.54. The van der Waals surface area contributed by atoms with Gasteiger partial charge in [-0.25, -0.2) is 0 Å². The zero-order chi connectivity index (χ0) is 11.3. The molecule has 0 amide bonds. The average Bonchev–Trinajstić information content (AvgIpc) is 2.68. The van der Waals surface area contributed by atoms with Gasteiger partial charge in [-0.2, -0.15) is 0 Å². The highest BCUT2D eigenvalue weighted by molar-refractivity contribution is 5.63. The molecule has 80 valence electrons. The monoisotopic (exact) mass is 201 g/mol. The first-order chi connectivity index (χ1) is 7.27. The first-order valence-corrected chi connectivity index (χ1v) is 5.49. The lowest BCUT2D eigenvalue weighted by molar-refractivity contribution is 1.26. The summed E-state index contributed by atoms with van der Waals surface area (Å²) in [5.41, 5.74) is 5.01. The molecule has 1 heterocycles. The standard InChI is InChI=1S/C12H13N.C2H6/c1-9-5-3-4-6-11(9)12-8-7-10(2)13-12;1-2/h3-8,13H,1-2H3;1-2H3. The molecule has 0 spiro atoms. The molecule has 1 nitrogen and oxygen atoms in total. The highest BCUT2D eigenvalue weighted by atomic mass is 14.7. The average molecular weight is 201 g/mol. The van der Waals surface area contributed by atoms with Crippen LogP contribution in [0.5, 0.6) is 0 Å². The van der Waals surface area contributed by atoms with Crippen LogP contribution in [0.15, 0.2) is 36.4 Å². The Morgan fingerprint density at radius 1 is 0.867 bits per heavy atom. The predicted molar refractivity (Wildman–Crippen MR) is 67.1 cm³/mol. The lowest BCUT2D eigenvalue weighted by Gasteiger charge is -2.01. The maximum absolute atomic E-state index is 3.33. The number of rotatable bonds is 1. The Bertz CT molecular complexity index is 413. The van der Waals surface area contributed by atoms with E-state index < -0.39 is 0 Å². The Kier molecular flexibility index (Phi) is 4.17. The normalized spacial score (nSPS) is 9.33. The molecule has 0 aliphatic rings. The van der Waals surface area contributed by atoms with Gasteiger partial charge in [-0.15, -0.1) is 0 Å². The number of hydrogen-bond donors (Lipinski definition) is 1. The fraction of sp³-hybridized carbons (Fsp3) is 0.286. The summed E-state index contributed by atoms with van der Waals surface area (Å²) < 4.78 is 0. The Morgan fingerprint density at radius 2 is 1.53 bits per heavy atom. The molecule has 15 heavy (non-hydrogen) atoms. The number of benzene rings is 1. The van der Waals surface area contributed by atoms with Crippen molar-refractivity contribution in [1.29, 1.82) is 0 Å². The third-order valence-corrected chi connectivity index (χ3v) is 2.27. The summed E-state index contributed by atoms with van der Waals surface area (Å²) >= 11 is 0. The van der Waals surface area contributed by atoms with Gasteiger partial charge in [0.05, 0.1) is 0 Å². The van der Waals surface area contributed by atoms with Crippen LogP contribution in [0.2, 0.25) is 0 Å². The molecule has 0 bridgehead atoms. The van der Waals surface area contributed by atoms with Crippen molar-refractivity contribution in [3.05, 3.63) is 47.7 Å². The number of aromatic amines is 1. The maximum atomic E-state index is 3.33. The van der Waals surface area contributed by atoms with E-state index in [1.54, 1.807) is 0 Å². The second-order valence-electron chi connectivity index (χ2n) is 3.37. The number of nitrogens with one attached hydrogen (secondary N) is 1. The highest BCUT2D eigenvalue weighted by Crippen LogP contribution is 2.21. The maximum Gasteiger partial charge on any atom is 0.0458 e. The third kappa shape index (κ3) is 2.72. The van der Waals surface area contributed by atoms with E-state index in [9.17, 15) is 0 Å². The summed E-state index contributed by atoms with van der Waals surface area (Å²) in [6.45, 7) is 8.20. The van der Waals surface area contributed by atoms with Crippen molar-refractivity contribution in [3.8, 4) is 11.3 Å². The predicted octanol–water partition coefficient (Wildman–Crippen LogP) is 4.32. The summed E-state index contributed by atoms with van der Waals surface area (Å²) in [4.78, 5) is 3.33. The molecule has 1 heteroatoms. The molecule has 0 aliphatic heterocycles. The Labute approximate surface area is 92.2 Å². The lowest BCUT2D eigenvalue weighted by Crippen LogP contribution is -1.82. The summed E-state index contributed by atoms with van der Waals surface area (Å²) in [6.07, 6.45) is 0. The summed E-state index contributed by atoms with van der Waals surface area (Å²) in [5.74, 6) is 0. The van der Waals surface area contributed by atoms with Gasteiger partial charge >= 0.3 is 0 Å². The van der Waals surface area contributed by atoms with Crippen LogP contribution in [0, 0.1) is 13.8 Å². The quantitative estimate of drug-likeness (QED) is 0.707. The fourth-order valence-corrected chi connectivity index (χ4v) is 1.54. The van der Waals surface area contributed by atoms with Crippen LogP contribution in [0.1, 0.15) is 25.1 Å². The lowest BCUT2D eigenvalue weighted by atomic mass is 10.1. The summed E-state index contributed by atoms with van der Waals surface area (Å²) in [7, 11) is 0. The molecule has 1 N–H and O–H groups in total. The van der Waals surface area contributed by atoms with Gasteiger partial charge in [-0.05, 0) is 31.5 Å². The molecular formula is C14H19N. The van der Waals surface area contributed by atoms with E-state index in [1.165, 1.54) is 22.5 Å². The van der Waals surface area contributed by atoms with E-state index in [0.717, 1.165) is 0 Å². The van der Waals surface area contributed by atoms with Crippen LogP contribution in [-0.4, -0.2) is 4.98 Å². The van der Waals surface area contributed by atoms with Crippen molar-refractivity contribution >= 4 is 0 Å². The van der Waals surface area contributed by atoms with Gasteiger partial charge in [-0.3, -0.25) is 0 Å². The van der Waals surface area contributed by atoms with Crippen molar-refractivity contribution in [1.82, 2.24) is 4.98 Å². The second-order valence-corrected chi connectivity index (χ2v) is 3.37. The van der Waals surface area contributed by atoms with Crippen LogP contribution in [-0.2, 0) is 0 Å². The van der Waals surface area contributed by atoms with Gasteiger partial charge in [0.25, 0.3) is 0 Å². The molecule has 0 fully saturated rings. The molecule has 2 rings (SSSR count). The van der Waals surface area contributed by atoms with E-state index in [-0.39, 0.29) is 0 Å². The van der Waals surface area contributed by atoms with Gasteiger partial charge in [0.2, 0.25) is 0 Å². The minimum absolute atomic E-state index is 1.20. The van der Waals surface area contributed by atoms with Crippen LogP contribution in [0.25, 0.3) is 11.3 Å². The van der Waals surface area contributed by atoms with Gasteiger partial charge in [-0.1, -0.05) is 38.1 Å². The van der Waals surface area contributed by atoms with E-state index in [4.69, 9.17) is 0 Å². The second kappa shape index (κ2) is 5.40.